The number of methoxy groups -OCH3 is 1. The molecule has 1 fully saturated rings. The van der Waals surface area contributed by atoms with Crippen LogP contribution in [0.1, 0.15) is 41.3 Å². The van der Waals surface area contributed by atoms with E-state index in [9.17, 15) is 9.59 Å². The summed E-state index contributed by atoms with van der Waals surface area (Å²) in [7, 11) is 3.47. The first-order valence-corrected chi connectivity index (χ1v) is 10.1. The standard InChI is InChI=1S/C24H30N2O3/c1-16(2)25(4)24(28)22-15-26(23(27)18-11-9-17(3)10-12-18)14-21(22)19-7-6-8-20(13-19)29-5/h6-13,16,21-22H,14-15H2,1-5H3. The quantitative estimate of drug-likeness (QED) is 0.777. The lowest BCUT2D eigenvalue weighted by molar-refractivity contribution is -0.135. The van der Waals surface area contributed by atoms with Gasteiger partial charge in [-0.3, -0.25) is 9.59 Å². The van der Waals surface area contributed by atoms with Crippen molar-refractivity contribution in [3.05, 3.63) is 65.2 Å². The Bertz CT molecular complexity index is 876. The highest BCUT2D eigenvalue weighted by Crippen LogP contribution is 2.36. The average Bonchev–Trinajstić information content (AvgIpc) is 3.18. The van der Waals surface area contributed by atoms with Gasteiger partial charge in [0.2, 0.25) is 5.91 Å². The van der Waals surface area contributed by atoms with Crippen molar-refractivity contribution in [2.24, 2.45) is 5.92 Å². The van der Waals surface area contributed by atoms with E-state index >= 15 is 0 Å². The number of benzene rings is 2. The van der Waals surface area contributed by atoms with Gasteiger partial charge < -0.3 is 14.5 Å². The van der Waals surface area contributed by atoms with Crippen molar-refractivity contribution in [3.8, 4) is 5.75 Å². The number of hydrogen-bond donors (Lipinski definition) is 0. The van der Waals surface area contributed by atoms with E-state index in [4.69, 9.17) is 4.74 Å². The number of aryl methyl sites for hydroxylation is 1. The van der Waals surface area contributed by atoms with Crippen LogP contribution in [0.4, 0.5) is 0 Å². The predicted molar refractivity (Wildman–Crippen MR) is 114 cm³/mol. The van der Waals surface area contributed by atoms with Crippen LogP contribution in [-0.2, 0) is 4.79 Å². The molecule has 0 bridgehead atoms. The highest BCUT2D eigenvalue weighted by atomic mass is 16.5. The Balaban J connectivity index is 1.91. The van der Waals surface area contributed by atoms with Crippen LogP contribution in [0, 0.1) is 12.8 Å². The zero-order valence-electron chi connectivity index (χ0n) is 17.9. The normalized spacial score (nSPS) is 18.8. The first-order chi connectivity index (χ1) is 13.8. The second-order valence-corrected chi connectivity index (χ2v) is 8.11. The Morgan fingerprint density at radius 1 is 1.10 bits per heavy atom. The summed E-state index contributed by atoms with van der Waals surface area (Å²) < 4.78 is 5.37. The number of carbonyl (C=O) groups excluding carboxylic acids is 2. The van der Waals surface area contributed by atoms with Crippen LogP contribution >= 0.6 is 0 Å². The minimum absolute atomic E-state index is 0.0274. The van der Waals surface area contributed by atoms with E-state index in [0.717, 1.165) is 16.9 Å². The molecule has 2 unspecified atom stereocenters. The topological polar surface area (TPSA) is 49.9 Å². The number of hydrogen-bond acceptors (Lipinski definition) is 3. The molecule has 5 nitrogen and oxygen atoms in total. The molecule has 154 valence electrons. The molecule has 2 atom stereocenters. The minimum Gasteiger partial charge on any atom is -0.497 e. The van der Waals surface area contributed by atoms with E-state index in [1.54, 1.807) is 12.0 Å². The highest BCUT2D eigenvalue weighted by Gasteiger charge is 2.42. The molecular weight excluding hydrogens is 364 g/mol. The summed E-state index contributed by atoms with van der Waals surface area (Å²) in [5.74, 6) is 0.471. The van der Waals surface area contributed by atoms with Crippen molar-refractivity contribution in [1.29, 1.82) is 0 Å². The first-order valence-electron chi connectivity index (χ1n) is 10.1. The maximum Gasteiger partial charge on any atom is 0.253 e. The van der Waals surface area contributed by atoms with E-state index < -0.39 is 0 Å². The lowest BCUT2D eigenvalue weighted by Crippen LogP contribution is -2.40. The summed E-state index contributed by atoms with van der Waals surface area (Å²) in [5.41, 5.74) is 2.80. The SMILES string of the molecule is COc1cccc(C2CN(C(=O)c3ccc(C)cc3)CC2C(=O)N(C)C(C)C)c1. The van der Waals surface area contributed by atoms with Crippen molar-refractivity contribution in [3.63, 3.8) is 0 Å². The van der Waals surface area contributed by atoms with Crippen molar-refractivity contribution in [2.45, 2.75) is 32.7 Å². The molecule has 5 heteroatoms. The highest BCUT2D eigenvalue weighted by molar-refractivity contribution is 5.95. The largest absolute Gasteiger partial charge is 0.497 e. The molecule has 0 spiro atoms. The molecule has 0 aliphatic carbocycles. The van der Waals surface area contributed by atoms with Crippen LogP contribution in [0.2, 0.25) is 0 Å². The summed E-state index contributed by atoms with van der Waals surface area (Å²) in [6, 6.07) is 15.5. The molecule has 0 radical (unpaired) electrons. The lowest BCUT2D eigenvalue weighted by atomic mass is 9.87. The third-order valence-electron chi connectivity index (χ3n) is 5.87. The van der Waals surface area contributed by atoms with E-state index in [0.29, 0.717) is 18.7 Å². The smallest absolute Gasteiger partial charge is 0.253 e. The number of amides is 2. The van der Waals surface area contributed by atoms with Crippen LogP contribution in [0.15, 0.2) is 48.5 Å². The summed E-state index contributed by atoms with van der Waals surface area (Å²) in [6.07, 6.45) is 0. The third-order valence-corrected chi connectivity index (χ3v) is 5.87. The summed E-state index contributed by atoms with van der Waals surface area (Å²) in [6.45, 7) is 6.94. The monoisotopic (exact) mass is 394 g/mol. The first kappa shape index (κ1) is 20.9. The molecule has 1 saturated heterocycles. The molecule has 3 rings (SSSR count). The zero-order chi connectivity index (χ0) is 21.1. The van der Waals surface area contributed by atoms with E-state index in [-0.39, 0.29) is 29.7 Å². The van der Waals surface area contributed by atoms with Crippen molar-refractivity contribution in [2.75, 3.05) is 27.2 Å². The fourth-order valence-electron chi connectivity index (χ4n) is 3.82. The van der Waals surface area contributed by atoms with Gasteiger partial charge in [-0.25, -0.2) is 0 Å². The minimum atomic E-state index is -0.274. The maximum absolute atomic E-state index is 13.2. The number of likely N-dealkylation sites (tertiary alicyclic amines) is 1. The van der Waals surface area contributed by atoms with Gasteiger partial charge in [-0.1, -0.05) is 29.8 Å². The van der Waals surface area contributed by atoms with Crippen LogP contribution in [0.5, 0.6) is 5.75 Å². The number of nitrogens with zero attached hydrogens (tertiary/aromatic N) is 2. The molecule has 0 N–H and O–H groups in total. The predicted octanol–water partition coefficient (Wildman–Crippen LogP) is 3.73. The molecule has 1 aliphatic rings. The van der Waals surface area contributed by atoms with Gasteiger partial charge in [0.1, 0.15) is 5.75 Å². The fraction of sp³-hybridized carbons (Fsp3) is 0.417. The number of carbonyl (C=O) groups is 2. The van der Waals surface area contributed by atoms with Crippen molar-refractivity contribution in [1.82, 2.24) is 9.80 Å². The van der Waals surface area contributed by atoms with E-state index in [1.165, 1.54) is 0 Å². The van der Waals surface area contributed by atoms with E-state index in [2.05, 4.69) is 0 Å². The van der Waals surface area contributed by atoms with Crippen molar-refractivity contribution < 1.29 is 14.3 Å². The number of ether oxygens (including phenoxy) is 1. The van der Waals surface area contributed by atoms with Gasteiger partial charge in [0.25, 0.3) is 5.91 Å². The van der Waals surface area contributed by atoms with Gasteiger partial charge in [0.05, 0.1) is 13.0 Å². The second kappa shape index (κ2) is 8.68. The molecule has 0 aromatic heterocycles. The molecule has 1 aliphatic heterocycles. The Kier molecular flexibility index (Phi) is 6.26. The van der Waals surface area contributed by atoms with Gasteiger partial charge in [-0.05, 0) is 50.6 Å². The number of rotatable bonds is 5. The Morgan fingerprint density at radius 3 is 2.41 bits per heavy atom. The van der Waals surface area contributed by atoms with Gasteiger partial charge >= 0.3 is 0 Å². The molecular formula is C24H30N2O3. The Morgan fingerprint density at radius 2 is 1.79 bits per heavy atom. The van der Waals surface area contributed by atoms with Crippen LogP contribution < -0.4 is 4.74 Å². The molecule has 2 aromatic carbocycles. The molecule has 2 aromatic rings. The fourth-order valence-corrected chi connectivity index (χ4v) is 3.82. The van der Waals surface area contributed by atoms with Crippen LogP contribution in [0.25, 0.3) is 0 Å². The Hall–Kier alpha value is -2.82. The van der Waals surface area contributed by atoms with Gasteiger partial charge in [0, 0.05) is 37.7 Å². The van der Waals surface area contributed by atoms with Crippen molar-refractivity contribution >= 4 is 11.8 Å². The average molecular weight is 395 g/mol. The summed E-state index contributed by atoms with van der Waals surface area (Å²) >= 11 is 0. The van der Waals surface area contributed by atoms with Gasteiger partial charge in [0.15, 0.2) is 0 Å². The summed E-state index contributed by atoms with van der Waals surface area (Å²) in [4.78, 5) is 29.9. The van der Waals surface area contributed by atoms with Gasteiger partial charge in [-0.15, -0.1) is 0 Å². The summed E-state index contributed by atoms with van der Waals surface area (Å²) in [5, 5.41) is 0. The Labute approximate surface area is 173 Å². The zero-order valence-corrected chi connectivity index (χ0v) is 17.9. The molecule has 2 amide bonds. The van der Waals surface area contributed by atoms with Gasteiger partial charge in [-0.2, -0.15) is 0 Å². The van der Waals surface area contributed by atoms with Crippen LogP contribution in [0.3, 0.4) is 0 Å². The molecule has 1 heterocycles. The molecule has 0 saturated carbocycles. The van der Waals surface area contributed by atoms with Crippen LogP contribution in [-0.4, -0.2) is 54.9 Å². The maximum atomic E-state index is 13.2. The lowest BCUT2D eigenvalue weighted by Gasteiger charge is -2.27. The third kappa shape index (κ3) is 4.44. The molecule has 29 heavy (non-hydrogen) atoms. The van der Waals surface area contributed by atoms with E-state index in [1.807, 2.05) is 81.2 Å². The second-order valence-electron chi connectivity index (χ2n) is 8.11.